The van der Waals surface area contributed by atoms with Crippen molar-refractivity contribution in [1.29, 1.82) is 0 Å². The number of carbonyl (C=O) groups excluding carboxylic acids is 1. The summed E-state index contributed by atoms with van der Waals surface area (Å²) >= 11 is 0. The van der Waals surface area contributed by atoms with E-state index in [4.69, 9.17) is 0 Å². The molecule has 2 saturated heterocycles. The van der Waals surface area contributed by atoms with Gasteiger partial charge >= 0.3 is 0 Å². The van der Waals surface area contributed by atoms with Crippen molar-refractivity contribution in [2.75, 3.05) is 7.05 Å². The van der Waals surface area contributed by atoms with Crippen LogP contribution in [0.5, 0.6) is 0 Å². The molecule has 0 aliphatic carbocycles. The highest BCUT2D eigenvalue weighted by atomic mass is 16.1. The number of ketones is 1. The second-order valence-corrected chi connectivity index (χ2v) is 5.17. The fraction of sp³-hybridized carbons (Fsp3) is 0.615. The van der Waals surface area contributed by atoms with Crippen molar-refractivity contribution in [1.82, 2.24) is 14.9 Å². The monoisotopic (exact) mass is 231 g/mol. The first-order valence-electron chi connectivity index (χ1n) is 6.28. The Hall–Kier alpha value is -1.29. The van der Waals surface area contributed by atoms with Gasteiger partial charge in [0.1, 0.15) is 5.69 Å². The molecular weight excluding hydrogens is 214 g/mol. The summed E-state index contributed by atoms with van der Waals surface area (Å²) in [5.41, 5.74) is 0.529. The van der Waals surface area contributed by atoms with E-state index in [1.165, 1.54) is 12.8 Å². The van der Waals surface area contributed by atoms with Gasteiger partial charge in [0.05, 0.1) is 6.20 Å². The normalized spacial score (nSPS) is 32.6. The maximum Gasteiger partial charge on any atom is 0.185 e. The summed E-state index contributed by atoms with van der Waals surface area (Å²) in [5.74, 6) is 0.337. The molecule has 3 rings (SSSR count). The highest BCUT2D eigenvalue weighted by Gasteiger charge is 2.41. The third-order valence-corrected chi connectivity index (χ3v) is 4.28. The molecule has 0 saturated carbocycles. The van der Waals surface area contributed by atoms with Gasteiger partial charge in [0, 0.05) is 30.4 Å². The minimum atomic E-state index is 0.153. The second-order valence-electron chi connectivity index (χ2n) is 5.17. The SMILES string of the molecule is CN1C2CCC1CC(C(=O)c1cnccn1)C2. The lowest BCUT2D eigenvalue weighted by Crippen LogP contribution is -2.42. The Kier molecular flexibility index (Phi) is 2.67. The van der Waals surface area contributed by atoms with Gasteiger partial charge < -0.3 is 4.90 Å². The van der Waals surface area contributed by atoms with Crippen LogP contribution in [0.1, 0.15) is 36.2 Å². The predicted molar refractivity (Wildman–Crippen MR) is 63.7 cm³/mol. The number of fused-ring (bicyclic) bond motifs is 2. The topological polar surface area (TPSA) is 46.1 Å². The molecule has 2 bridgehead atoms. The van der Waals surface area contributed by atoms with Crippen molar-refractivity contribution in [3.05, 3.63) is 24.3 Å². The van der Waals surface area contributed by atoms with Gasteiger partial charge in [-0.1, -0.05) is 0 Å². The van der Waals surface area contributed by atoms with Crippen LogP contribution < -0.4 is 0 Å². The maximum atomic E-state index is 12.3. The number of carbonyl (C=O) groups is 1. The van der Waals surface area contributed by atoms with Gasteiger partial charge in [-0.05, 0) is 32.7 Å². The van der Waals surface area contributed by atoms with Crippen LogP contribution in [-0.2, 0) is 0 Å². The largest absolute Gasteiger partial charge is 0.300 e. The number of hydrogen-bond acceptors (Lipinski definition) is 4. The minimum absolute atomic E-state index is 0.153. The number of aromatic nitrogens is 2. The third-order valence-electron chi connectivity index (χ3n) is 4.28. The van der Waals surface area contributed by atoms with Gasteiger partial charge in [0.15, 0.2) is 5.78 Å². The average Bonchev–Trinajstić information content (AvgIpc) is 2.61. The Balaban J connectivity index is 1.77. The summed E-state index contributed by atoms with van der Waals surface area (Å²) in [6, 6.07) is 1.19. The molecule has 3 heterocycles. The Bertz CT molecular complexity index is 406. The van der Waals surface area contributed by atoms with Crippen molar-refractivity contribution in [2.24, 2.45) is 5.92 Å². The molecule has 4 heteroatoms. The molecule has 17 heavy (non-hydrogen) atoms. The Morgan fingerprint density at radius 3 is 2.59 bits per heavy atom. The van der Waals surface area contributed by atoms with E-state index in [0.29, 0.717) is 17.8 Å². The number of rotatable bonds is 2. The molecule has 1 aromatic heterocycles. The summed E-state index contributed by atoms with van der Waals surface area (Å²) in [7, 11) is 2.19. The molecule has 1 aromatic rings. The summed E-state index contributed by atoms with van der Waals surface area (Å²) in [4.78, 5) is 22.8. The molecule has 0 spiro atoms. The lowest BCUT2D eigenvalue weighted by Gasteiger charge is -2.35. The average molecular weight is 231 g/mol. The van der Waals surface area contributed by atoms with E-state index >= 15 is 0 Å². The lowest BCUT2D eigenvalue weighted by molar-refractivity contribution is 0.0761. The first-order valence-corrected chi connectivity index (χ1v) is 6.28. The Labute approximate surface area is 101 Å². The van der Waals surface area contributed by atoms with E-state index < -0.39 is 0 Å². The molecule has 2 unspecified atom stereocenters. The van der Waals surface area contributed by atoms with E-state index in [2.05, 4.69) is 21.9 Å². The molecule has 2 atom stereocenters. The first-order chi connectivity index (χ1) is 8.25. The van der Waals surface area contributed by atoms with Gasteiger partial charge in [-0.2, -0.15) is 0 Å². The van der Waals surface area contributed by atoms with E-state index in [0.717, 1.165) is 12.8 Å². The maximum absolute atomic E-state index is 12.3. The van der Waals surface area contributed by atoms with Crippen LogP contribution in [0.25, 0.3) is 0 Å². The zero-order chi connectivity index (χ0) is 11.8. The number of nitrogens with zero attached hydrogens (tertiary/aromatic N) is 3. The van der Waals surface area contributed by atoms with Crippen LogP contribution in [0.2, 0.25) is 0 Å². The van der Waals surface area contributed by atoms with Gasteiger partial charge in [-0.3, -0.25) is 9.78 Å². The molecule has 0 radical (unpaired) electrons. The van der Waals surface area contributed by atoms with Crippen molar-refractivity contribution >= 4 is 5.78 Å². The van der Waals surface area contributed by atoms with E-state index in [-0.39, 0.29) is 11.7 Å². The Morgan fingerprint density at radius 2 is 2.00 bits per heavy atom. The molecule has 0 aromatic carbocycles. The molecule has 4 nitrogen and oxygen atoms in total. The van der Waals surface area contributed by atoms with Crippen molar-refractivity contribution in [2.45, 2.75) is 37.8 Å². The highest BCUT2D eigenvalue weighted by Crippen LogP contribution is 2.38. The summed E-state index contributed by atoms with van der Waals surface area (Å²) in [5, 5.41) is 0. The van der Waals surface area contributed by atoms with Crippen LogP contribution in [0.15, 0.2) is 18.6 Å². The number of hydrogen-bond donors (Lipinski definition) is 0. The smallest absolute Gasteiger partial charge is 0.185 e. The highest BCUT2D eigenvalue weighted by molar-refractivity contribution is 5.95. The predicted octanol–water partition coefficient (Wildman–Crippen LogP) is 1.53. The zero-order valence-corrected chi connectivity index (χ0v) is 10.0. The quantitative estimate of drug-likeness (QED) is 0.724. The summed E-state index contributed by atoms with van der Waals surface area (Å²) in [6.07, 6.45) is 9.25. The summed E-state index contributed by atoms with van der Waals surface area (Å²) < 4.78 is 0. The van der Waals surface area contributed by atoms with E-state index in [1.807, 2.05) is 0 Å². The van der Waals surface area contributed by atoms with Crippen LogP contribution in [0.3, 0.4) is 0 Å². The second kappa shape index (κ2) is 4.18. The molecule has 2 aliphatic rings. The van der Waals surface area contributed by atoms with Crippen LogP contribution in [-0.4, -0.2) is 39.8 Å². The molecule has 90 valence electrons. The van der Waals surface area contributed by atoms with Crippen LogP contribution >= 0.6 is 0 Å². The zero-order valence-electron chi connectivity index (χ0n) is 10.0. The lowest BCUT2D eigenvalue weighted by atomic mass is 9.86. The third kappa shape index (κ3) is 1.86. The molecule has 0 N–H and O–H groups in total. The van der Waals surface area contributed by atoms with Crippen molar-refractivity contribution in [3.63, 3.8) is 0 Å². The van der Waals surface area contributed by atoms with Crippen LogP contribution in [0.4, 0.5) is 0 Å². The molecular formula is C13H17N3O. The fourth-order valence-electron chi connectivity index (χ4n) is 3.26. The number of Topliss-reactive ketones (excluding diaryl/α,β-unsaturated/α-hetero) is 1. The summed E-state index contributed by atoms with van der Waals surface area (Å²) in [6.45, 7) is 0. The van der Waals surface area contributed by atoms with Gasteiger partial charge in [-0.25, -0.2) is 4.98 Å². The first kappa shape index (κ1) is 10.8. The standard InChI is InChI=1S/C13H17N3O/c1-16-10-2-3-11(16)7-9(6-10)13(17)12-8-14-4-5-15-12/h4-5,8-11H,2-3,6-7H2,1H3. The van der Waals surface area contributed by atoms with Gasteiger partial charge in [0.2, 0.25) is 0 Å². The van der Waals surface area contributed by atoms with E-state index in [9.17, 15) is 4.79 Å². The molecule has 2 aliphatic heterocycles. The molecule has 2 fully saturated rings. The minimum Gasteiger partial charge on any atom is -0.300 e. The van der Waals surface area contributed by atoms with Gasteiger partial charge in [0.25, 0.3) is 0 Å². The van der Waals surface area contributed by atoms with Crippen molar-refractivity contribution < 1.29 is 4.79 Å². The van der Waals surface area contributed by atoms with E-state index in [1.54, 1.807) is 18.6 Å². The Morgan fingerprint density at radius 1 is 1.29 bits per heavy atom. The van der Waals surface area contributed by atoms with Crippen molar-refractivity contribution in [3.8, 4) is 0 Å². The molecule has 0 amide bonds. The van der Waals surface area contributed by atoms with Gasteiger partial charge in [-0.15, -0.1) is 0 Å². The number of piperidine rings is 1. The van der Waals surface area contributed by atoms with Crippen LogP contribution in [0, 0.1) is 5.92 Å². The fourth-order valence-corrected chi connectivity index (χ4v) is 3.26.